The molecule has 0 aromatic rings. The summed E-state index contributed by atoms with van der Waals surface area (Å²) in [6.07, 6.45) is 2.72. The van der Waals surface area contributed by atoms with Gasteiger partial charge in [-0.2, -0.15) is 8.78 Å². The summed E-state index contributed by atoms with van der Waals surface area (Å²) in [6, 6.07) is 0. The molecule has 12 heavy (non-hydrogen) atoms. The van der Waals surface area contributed by atoms with E-state index in [4.69, 9.17) is 5.11 Å². The van der Waals surface area contributed by atoms with E-state index in [2.05, 4.69) is 4.74 Å². The number of halogens is 2. The number of hydrogen-bond donors (Lipinski definition) is 1. The van der Waals surface area contributed by atoms with Gasteiger partial charge in [0, 0.05) is 6.61 Å². The van der Waals surface area contributed by atoms with E-state index in [1.807, 2.05) is 0 Å². The molecule has 2 atom stereocenters. The summed E-state index contributed by atoms with van der Waals surface area (Å²) in [5.41, 5.74) is 0. The van der Waals surface area contributed by atoms with Crippen LogP contribution < -0.4 is 0 Å². The molecular weight excluding hydrogens is 166 g/mol. The SMILES string of the molecule is OCC1CCCC(OC(F)F)C1. The number of rotatable bonds is 3. The monoisotopic (exact) mass is 180 g/mol. The van der Waals surface area contributed by atoms with Crippen molar-refractivity contribution >= 4 is 0 Å². The Morgan fingerprint density at radius 3 is 2.75 bits per heavy atom. The second kappa shape index (κ2) is 4.72. The van der Waals surface area contributed by atoms with Crippen LogP contribution in [-0.2, 0) is 4.74 Å². The second-order valence-electron chi connectivity index (χ2n) is 3.23. The molecule has 0 aliphatic heterocycles. The van der Waals surface area contributed by atoms with Gasteiger partial charge in [-0.15, -0.1) is 0 Å². The van der Waals surface area contributed by atoms with Gasteiger partial charge in [-0.05, 0) is 25.2 Å². The molecule has 2 nitrogen and oxygen atoms in total. The van der Waals surface area contributed by atoms with Gasteiger partial charge in [0.25, 0.3) is 0 Å². The van der Waals surface area contributed by atoms with Gasteiger partial charge in [0.05, 0.1) is 6.10 Å². The number of alkyl halides is 2. The first-order chi connectivity index (χ1) is 5.72. The molecule has 0 radical (unpaired) electrons. The number of hydrogen-bond acceptors (Lipinski definition) is 2. The van der Waals surface area contributed by atoms with E-state index in [0.717, 1.165) is 12.8 Å². The highest BCUT2D eigenvalue weighted by Crippen LogP contribution is 2.26. The minimum atomic E-state index is -2.67. The van der Waals surface area contributed by atoms with Crippen molar-refractivity contribution in [3.05, 3.63) is 0 Å². The van der Waals surface area contributed by atoms with E-state index in [9.17, 15) is 8.78 Å². The Morgan fingerprint density at radius 2 is 2.17 bits per heavy atom. The largest absolute Gasteiger partial charge is 0.396 e. The third kappa shape index (κ3) is 3.03. The molecule has 72 valence electrons. The molecule has 1 aliphatic carbocycles. The van der Waals surface area contributed by atoms with Crippen molar-refractivity contribution in [1.82, 2.24) is 0 Å². The maximum atomic E-state index is 11.8. The summed E-state index contributed by atoms with van der Waals surface area (Å²) in [7, 11) is 0. The van der Waals surface area contributed by atoms with Crippen molar-refractivity contribution in [2.75, 3.05) is 6.61 Å². The highest BCUT2D eigenvalue weighted by atomic mass is 19.3. The molecular formula is C8H14F2O2. The van der Waals surface area contributed by atoms with Crippen molar-refractivity contribution in [3.8, 4) is 0 Å². The molecule has 0 amide bonds. The molecule has 1 N–H and O–H groups in total. The zero-order chi connectivity index (χ0) is 8.97. The van der Waals surface area contributed by atoms with Crippen molar-refractivity contribution in [1.29, 1.82) is 0 Å². The van der Waals surface area contributed by atoms with Crippen molar-refractivity contribution in [2.24, 2.45) is 5.92 Å². The van der Waals surface area contributed by atoms with Crippen molar-refractivity contribution in [2.45, 2.75) is 38.4 Å². The summed E-state index contributed by atoms with van der Waals surface area (Å²) in [5, 5.41) is 8.80. The predicted octanol–water partition coefficient (Wildman–Crippen LogP) is 1.78. The smallest absolute Gasteiger partial charge is 0.345 e. The molecule has 0 heterocycles. The van der Waals surface area contributed by atoms with Crippen LogP contribution in [0.5, 0.6) is 0 Å². The molecule has 2 unspecified atom stereocenters. The third-order valence-electron chi connectivity index (χ3n) is 2.29. The van der Waals surface area contributed by atoms with Crippen LogP contribution in [-0.4, -0.2) is 24.4 Å². The maximum Gasteiger partial charge on any atom is 0.345 e. The normalized spacial score (nSPS) is 31.0. The van der Waals surface area contributed by atoms with Crippen LogP contribution in [0.1, 0.15) is 25.7 Å². The lowest BCUT2D eigenvalue weighted by atomic mass is 9.88. The Bertz CT molecular complexity index is 130. The summed E-state index contributed by atoms with van der Waals surface area (Å²) in [5.74, 6) is 0.155. The van der Waals surface area contributed by atoms with E-state index in [0.29, 0.717) is 12.8 Å². The van der Waals surface area contributed by atoms with Crippen molar-refractivity contribution in [3.63, 3.8) is 0 Å². The fourth-order valence-electron chi connectivity index (χ4n) is 1.68. The Balaban J connectivity index is 2.25. The fraction of sp³-hybridized carbons (Fsp3) is 1.00. The average molecular weight is 180 g/mol. The van der Waals surface area contributed by atoms with Gasteiger partial charge >= 0.3 is 6.61 Å². The second-order valence-corrected chi connectivity index (χ2v) is 3.23. The fourth-order valence-corrected chi connectivity index (χ4v) is 1.68. The standard InChI is InChI=1S/C8H14F2O2/c9-8(10)12-7-3-1-2-6(4-7)5-11/h6-8,11H,1-5H2. The van der Waals surface area contributed by atoms with Gasteiger partial charge in [-0.25, -0.2) is 0 Å². The Morgan fingerprint density at radius 1 is 1.42 bits per heavy atom. The molecule has 1 aliphatic rings. The topological polar surface area (TPSA) is 29.5 Å². The number of ether oxygens (including phenoxy) is 1. The molecule has 4 heteroatoms. The van der Waals surface area contributed by atoms with Crippen LogP contribution in [0.4, 0.5) is 8.78 Å². The zero-order valence-electron chi connectivity index (χ0n) is 6.88. The van der Waals surface area contributed by atoms with Gasteiger partial charge in [0.2, 0.25) is 0 Å². The summed E-state index contributed by atoms with van der Waals surface area (Å²) >= 11 is 0. The van der Waals surface area contributed by atoms with E-state index in [1.54, 1.807) is 0 Å². The minimum Gasteiger partial charge on any atom is -0.396 e. The van der Waals surface area contributed by atoms with Crippen LogP contribution in [0.15, 0.2) is 0 Å². The van der Waals surface area contributed by atoms with Gasteiger partial charge in [-0.1, -0.05) is 6.42 Å². The first-order valence-corrected chi connectivity index (χ1v) is 4.27. The highest BCUT2D eigenvalue weighted by Gasteiger charge is 2.24. The lowest BCUT2D eigenvalue weighted by Crippen LogP contribution is -2.26. The zero-order valence-corrected chi connectivity index (χ0v) is 6.88. The van der Waals surface area contributed by atoms with Crippen LogP contribution in [0.2, 0.25) is 0 Å². The lowest BCUT2D eigenvalue weighted by molar-refractivity contribution is -0.174. The first-order valence-electron chi connectivity index (χ1n) is 4.27. The highest BCUT2D eigenvalue weighted by molar-refractivity contribution is 4.72. The maximum absolute atomic E-state index is 11.8. The quantitative estimate of drug-likeness (QED) is 0.717. The first kappa shape index (κ1) is 9.86. The van der Waals surface area contributed by atoms with Gasteiger partial charge in [0.1, 0.15) is 0 Å². The van der Waals surface area contributed by atoms with Crippen LogP contribution in [0, 0.1) is 5.92 Å². The van der Waals surface area contributed by atoms with Crippen LogP contribution >= 0.6 is 0 Å². The minimum absolute atomic E-state index is 0.0864. The Kier molecular flexibility index (Phi) is 3.88. The molecule has 1 fully saturated rings. The molecule has 1 saturated carbocycles. The summed E-state index contributed by atoms with van der Waals surface area (Å²) < 4.78 is 27.9. The van der Waals surface area contributed by atoms with Crippen molar-refractivity contribution < 1.29 is 18.6 Å². The van der Waals surface area contributed by atoms with Crippen LogP contribution in [0.25, 0.3) is 0 Å². The van der Waals surface area contributed by atoms with Gasteiger partial charge < -0.3 is 9.84 Å². The third-order valence-corrected chi connectivity index (χ3v) is 2.29. The van der Waals surface area contributed by atoms with Crippen LogP contribution in [0.3, 0.4) is 0 Å². The molecule has 0 saturated heterocycles. The van der Waals surface area contributed by atoms with E-state index in [1.165, 1.54) is 0 Å². The molecule has 0 bridgehead atoms. The molecule has 0 spiro atoms. The molecule has 0 aromatic carbocycles. The Hall–Kier alpha value is -0.220. The average Bonchev–Trinajstić information content (AvgIpc) is 2.03. The van der Waals surface area contributed by atoms with E-state index in [-0.39, 0.29) is 18.6 Å². The Labute approximate surface area is 70.5 Å². The van der Waals surface area contributed by atoms with Gasteiger partial charge in [0.15, 0.2) is 0 Å². The number of aliphatic hydroxyl groups excluding tert-OH is 1. The molecule has 0 aromatic heterocycles. The molecule has 1 rings (SSSR count). The van der Waals surface area contributed by atoms with E-state index < -0.39 is 6.61 Å². The lowest BCUT2D eigenvalue weighted by Gasteiger charge is -2.27. The van der Waals surface area contributed by atoms with E-state index >= 15 is 0 Å². The summed E-state index contributed by atoms with van der Waals surface area (Å²) in [6.45, 7) is -2.59. The summed E-state index contributed by atoms with van der Waals surface area (Å²) in [4.78, 5) is 0. The number of aliphatic hydroxyl groups is 1. The predicted molar refractivity (Wildman–Crippen MR) is 39.9 cm³/mol. The van der Waals surface area contributed by atoms with Gasteiger partial charge in [-0.3, -0.25) is 0 Å².